The number of hydrogen-bond acceptors (Lipinski definition) is 4. The molecule has 1 fully saturated rings. The zero-order chi connectivity index (χ0) is 20.6. The lowest BCUT2D eigenvalue weighted by atomic mass is 9.77. The summed E-state index contributed by atoms with van der Waals surface area (Å²) < 4.78 is 5.16. The molecule has 0 spiro atoms. The van der Waals surface area contributed by atoms with Crippen molar-refractivity contribution in [2.45, 2.75) is 38.1 Å². The first-order valence-electron chi connectivity index (χ1n) is 10.5. The van der Waals surface area contributed by atoms with Crippen molar-refractivity contribution in [1.82, 2.24) is 15.2 Å². The summed E-state index contributed by atoms with van der Waals surface area (Å²) in [6.07, 6.45) is 6.98. The lowest BCUT2D eigenvalue weighted by Crippen LogP contribution is -2.35. The fourth-order valence-corrected chi connectivity index (χ4v) is 4.44. The zero-order valence-corrected chi connectivity index (χ0v) is 17.8. The molecule has 0 saturated heterocycles. The average molecular weight is 396 g/mol. The van der Waals surface area contributed by atoms with Gasteiger partial charge in [0.25, 0.3) is 0 Å². The Morgan fingerprint density at radius 2 is 1.86 bits per heavy atom. The van der Waals surface area contributed by atoms with Gasteiger partial charge in [0.15, 0.2) is 0 Å². The molecule has 5 heteroatoms. The first-order valence-corrected chi connectivity index (χ1v) is 10.5. The van der Waals surface area contributed by atoms with Crippen molar-refractivity contribution < 1.29 is 9.53 Å². The Kier molecular flexibility index (Phi) is 7.64. The molecule has 1 aromatic heterocycles. The lowest BCUT2D eigenvalue weighted by molar-refractivity contribution is -0.120. The van der Waals surface area contributed by atoms with Gasteiger partial charge in [-0.25, -0.2) is 0 Å². The van der Waals surface area contributed by atoms with E-state index < -0.39 is 0 Å². The molecular weight excluding hydrogens is 362 g/mol. The molecule has 2 aromatic rings. The van der Waals surface area contributed by atoms with Gasteiger partial charge in [-0.15, -0.1) is 0 Å². The van der Waals surface area contributed by atoms with E-state index in [2.05, 4.69) is 41.4 Å². The van der Waals surface area contributed by atoms with E-state index in [1.165, 1.54) is 12.8 Å². The maximum atomic E-state index is 12.3. The largest absolute Gasteiger partial charge is 0.497 e. The number of carbonyl (C=O) groups is 1. The molecule has 0 unspecified atom stereocenters. The molecule has 1 heterocycles. The predicted molar refractivity (Wildman–Crippen MR) is 116 cm³/mol. The first kappa shape index (κ1) is 21.3. The number of carbonyl (C=O) groups excluding carboxylic acids is 1. The number of benzene rings is 1. The summed E-state index contributed by atoms with van der Waals surface area (Å²) >= 11 is 0. The van der Waals surface area contributed by atoms with Gasteiger partial charge >= 0.3 is 0 Å². The van der Waals surface area contributed by atoms with Gasteiger partial charge in [0.05, 0.1) is 25.3 Å². The molecular formula is C24H33N3O2. The third-order valence-corrected chi connectivity index (χ3v) is 6.00. The number of amides is 1. The van der Waals surface area contributed by atoms with Crippen LogP contribution in [-0.2, 0) is 11.2 Å². The lowest BCUT2D eigenvalue weighted by Gasteiger charge is -2.37. The fraction of sp³-hybridized carbons (Fsp3) is 0.500. The van der Waals surface area contributed by atoms with E-state index >= 15 is 0 Å². The van der Waals surface area contributed by atoms with Crippen LogP contribution in [0.1, 0.15) is 43.0 Å². The van der Waals surface area contributed by atoms with Gasteiger partial charge in [-0.3, -0.25) is 9.78 Å². The van der Waals surface area contributed by atoms with E-state index in [0.29, 0.717) is 24.3 Å². The highest BCUT2D eigenvalue weighted by Gasteiger charge is 2.30. The van der Waals surface area contributed by atoms with Crippen LogP contribution < -0.4 is 10.1 Å². The van der Waals surface area contributed by atoms with Crippen LogP contribution in [0, 0.1) is 11.8 Å². The van der Waals surface area contributed by atoms with Crippen LogP contribution in [-0.4, -0.2) is 43.5 Å². The molecule has 156 valence electrons. The van der Waals surface area contributed by atoms with Gasteiger partial charge in [0.2, 0.25) is 5.91 Å². The van der Waals surface area contributed by atoms with Crippen molar-refractivity contribution in [3.63, 3.8) is 0 Å². The number of nitrogens with zero attached hydrogens (tertiary/aromatic N) is 2. The number of nitrogens with one attached hydrogen (secondary N) is 1. The molecule has 0 bridgehead atoms. The van der Waals surface area contributed by atoms with Crippen molar-refractivity contribution >= 4 is 5.91 Å². The number of pyridine rings is 1. The summed E-state index contributed by atoms with van der Waals surface area (Å²) in [7, 11) is 5.93. The Balaban J connectivity index is 1.44. The van der Waals surface area contributed by atoms with E-state index in [9.17, 15) is 4.79 Å². The van der Waals surface area contributed by atoms with Gasteiger partial charge < -0.3 is 15.0 Å². The SMILES string of the molecule is COc1ccc(CC(=O)NCC2CCC([C@@H](c3ccccn3)N(C)C)CC2)cc1. The molecule has 3 rings (SSSR count). The minimum atomic E-state index is 0.0944. The Labute approximate surface area is 174 Å². The molecule has 1 aliphatic rings. The highest BCUT2D eigenvalue weighted by molar-refractivity contribution is 5.78. The van der Waals surface area contributed by atoms with E-state index in [1.807, 2.05) is 36.5 Å². The van der Waals surface area contributed by atoms with E-state index in [1.54, 1.807) is 7.11 Å². The van der Waals surface area contributed by atoms with Gasteiger partial charge in [-0.2, -0.15) is 0 Å². The standard InChI is InChI=1S/C24H33N3O2/c1-27(2)24(22-6-4-5-15-25-22)20-11-7-19(8-12-20)17-26-23(28)16-18-9-13-21(29-3)14-10-18/h4-6,9-10,13-15,19-20,24H,7-8,11-12,16-17H2,1-3H3,(H,26,28)/t19?,20?,24-/m0/s1. The summed E-state index contributed by atoms with van der Waals surface area (Å²) in [5.41, 5.74) is 2.17. The highest BCUT2D eigenvalue weighted by Crippen LogP contribution is 2.38. The second-order valence-electron chi connectivity index (χ2n) is 8.27. The Hall–Kier alpha value is -2.40. The molecule has 5 nitrogen and oxygen atoms in total. The maximum absolute atomic E-state index is 12.3. The molecule has 1 aromatic carbocycles. The topological polar surface area (TPSA) is 54.5 Å². The van der Waals surface area contributed by atoms with E-state index in [0.717, 1.165) is 36.4 Å². The Bertz CT molecular complexity index is 753. The van der Waals surface area contributed by atoms with Crippen LogP contribution in [0.4, 0.5) is 0 Å². The van der Waals surface area contributed by atoms with Crippen molar-refractivity contribution in [3.05, 3.63) is 59.9 Å². The normalized spacial score (nSPS) is 20.3. The Morgan fingerprint density at radius 1 is 1.14 bits per heavy atom. The first-order chi connectivity index (χ1) is 14.1. The molecule has 29 heavy (non-hydrogen) atoms. The third-order valence-electron chi connectivity index (χ3n) is 6.00. The van der Waals surface area contributed by atoms with Crippen LogP contribution in [0.5, 0.6) is 5.75 Å². The van der Waals surface area contributed by atoms with Crippen LogP contribution >= 0.6 is 0 Å². The minimum Gasteiger partial charge on any atom is -0.497 e. The number of rotatable bonds is 8. The molecule has 1 aliphatic carbocycles. The molecule has 1 amide bonds. The summed E-state index contributed by atoms with van der Waals surface area (Å²) in [4.78, 5) is 19.2. The fourth-order valence-electron chi connectivity index (χ4n) is 4.44. The van der Waals surface area contributed by atoms with Crippen molar-refractivity contribution in [2.75, 3.05) is 27.7 Å². The van der Waals surface area contributed by atoms with Gasteiger partial charge in [-0.05, 0) is 81.4 Å². The quantitative estimate of drug-likeness (QED) is 0.737. The number of methoxy groups -OCH3 is 1. The molecule has 1 N–H and O–H groups in total. The maximum Gasteiger partial charge on any atom is 0.224 e. The number of ether oxygens (including phenoxy) is 1. The Morgan fingerprint density at radius 3 is 2.45 bits per heavy atom. The van der Waals surface area contributed by atoms with Crippen LogP contribution in [0.3, 0.4) is 0 Å². The average Bonchev–Trinajstić information content (AvgIpc) is 2.74. The zero-order valence-electron chi connectivity index (χ0n) is 17.8. The van der Waals surface area contributed by atoms with Crippen molar-refractivity contribution in [2.24, 2.45) is 11.8 Å². The smallest absolute Gasteiger partial charge is 0.224 e. The molecule has 0 aliphatic heterocycles. The van der Waals surface area contributed by atoms with Crippen LogP contribution in [0.25, 0.3) is 0 Å². The van der Waals surface area contributed by atoms with E-state index in [-0.39, 0.29) is 5.91 Å². The number of aromatic nitrogens is 1. The van der Waals surface area contributed by atoms with E-state index in [4.69, 9.17) is 4.74 Å². The van der Waals surface area contributed by atoms with Crippen molar-refractivity contribution in [3.8, 4) is 5.75 Å². The second kappa shape index (κ2) is 10.4. The second-order valence-corrected chi connectivity index (χ2v) is 8.27. The highest BCUT2D eigenvalue weighted by atomic mass is 16.5. The monoisotopic (exact) mass is 395 g/mol. The summed E-state index contributed by atoms with van der Waals surface area (Å²) in [5.74, 6) is 2.09. The molecule has 1 saturated carbocycles. The summed E-state index contributed by atoms with van der Waals surface area (Å²) in [6.45, 7) is 0.776. The van der Waals surface area contributed by atoms with Crippen LogP contribution in [0.15, 0.2) is 48.7 Å². The van der Waals surface area contributed by atoms with Crippen LogP contribution in [0.2, 0.25) is 0 Å². The number of hydrogen-bond donors (Lipinski definition) is 1. The summed E-state index contributed by atoms with van der Waals surface area (Å²) in [6, 6.07) is 14.2. The minimum absolute atomic E-state index is 0.0944. The summed E-state index contributed by atoms with van der Waals surface area (Å²) in [5, 5.41) is 3.14. The van der Waals surface area contributed by atoms with Gasteiger partial charge in [0.1, 0.15) is 5.75 Å². The third kappa shape index (κ3) is 6.04. The predicted octanol–water partition coefficient (Wildman–Crippen LogP) is 3.86. The van der Waals surface area contributed by atoms with Gasteiger partial charge in [-0.1, -0.05) is 18.2 Å². The van der Waals surface area contributed by atoms with Crippen molar-refractivity contribution in [1.29, 1.82) is 0 Å². The molecule has 0 radical (unpaired) electrons. The molecule has 1 atom stereocenters. The van der Waals surface area contributed by atoms with Gasteiger partial charge in [0, 0.05) is 12.7 Å².